The molecule has 2 N–H and O–H groups in total. The molecule has 0 aliphatic rings. The highest BCUT2D eigenvalue weighted by Gasteiger charge is 2.09. The molecular formula is C14H12O3S. The summed E-state index contributed by atoms with van der Waals surface area (Å²) in [6, 6.07) is 7.27. The summed E-state index contributed by atoms with van der Waals surface area (Å²) in [7, 11) is 0. The number of aliphatic hydroxyl groups is 2. The van der Waals surface area contributed by atoms with Gasteiger partial charge in [0, 0.05) is 20.5 Å². The van der Waals surface area contributed by atoms with Crippen molar-refractivity contribution in [3.05, 3.63) is 57.0 Å². The normalized spacial score (nSPS) is 12.4. The fourth-order valence-corrected chi connectivity index (χ4v) is 2.76. The molecule has 1 aromatic carbocycles. The summed E-state index contributed by atoms with van der Waals surface area (Å²) >= 11 is 1.39. The first-order chi connectivity index (χ1) is 8.63. The Balaban J connectivity index is 2.88. The van der Waals surface area contributed by atoms with Crippen LogP contribution in [0.4, 0.5) is 0 Å². The molecule has 0 aliphatic carbocycles. The van der Waals surface area contributed by atoms with Crippen LogP contribution in [0, 0.1) is 0 Å². The van der Waals surface area contributed by atoms with Crippen LogP contribution in [0.2, 0.25) is 0 Å². The average molecular weight is 260 g/mol. The van der Waals surface area contributed by atoms with E-state index < -0.39 is 0 Å². The van der Waals surface area contributed by atoms with Gasteiger partial charge in [0.25, 0.3) is 0 Å². The maximum Gasteiger partial charge on any atom is 0.195 e. The van der Waals surface area contributed by atoms with E-state index in [9.17, 15) is 9.90 Å². The number of aliphatic hydroxyl groups excluding tert-OH is 2. The highest BCUT2D eigenvalue weighted by atomic mass is 32.1. The number of fused-ring (bicyclic) bond motifs is 1. The number of hydrogen-bond donors (Lipinski definition) is 2. The van der Waals surface area contributed by atoms with Crippen LogP contribution in [-0.4, -0.2) is 10.2 Å². The zero-order valence-electron chi connectivity index (χ0n) is 9.75. The standard InChI is InChI=1S/C14H12O3S/c1-9(16)8-11-13(6-7-15)18-12-5-3-2-4-10(12)14(11)17/h2-8,15-16H,1H3/b7-6?,9-8+. The summed E-state index contributed by atoms with van der Waals surface area (Å²) in [4.78, 5) is 12.9. The maximum absolute atomic E-state index is 12.3. The molecule has 0 fully saturated rings. The lowest BCUT2D eigenvalue weighted by Gasteiger charge is -2.03. The van der Waals surface area contributed by atoms with Gasteiger partial charge in [0.2, 0.25) is 0 Å². The molecule has 0 unspecified atom stereocenters. The van der Waals surface area contributed by atoms with Crippen molar-refractivity contribution in [3.8, 4) is 0 Å². The second-order valence-electron chi connectivity index (χ2n) is 3.81. The van der Waals surface area contributed by atoms with Gasteiger partial charge in [0.05, 0.1) is 12.0 Å². The molecule has 0 atom stereocenters. The molecule has 1 aromatic heterocycles. The monoisotopic (exact) mass is 260 g/mol. The van der Waals surface area contributed by atoms with Gasteiger partial charge in [-0.1, -0.05) is 12.1 Å². The second-order valence-corrected chi connectivity index (χ2v) is 4.89. The molecule has 0 bridgehead atoms. The predicted octanol–water partition coefficient (Wildman–Crippen LogP) is 3.71. The van der Waals surface area contributed by atoms with Gasteiger partial charge in [-0.3, -0.25) is 4.79 Å². The highest BCUT2D eigenvalue weighted by molar-refractivity contribution is 7.19. The van der Waals surface area contributed by atoms with E-state index in [0.717, 1.165) is 11.0 Å². The Morgan fingerprint density at radius 3 is 2.72 bits per heavy atom. The molecule has 0 aliphatic heterocycles. The Kier molecular flexibility index (Phi) is 3.48. The summed E-state index contributed by atoms with van der Waals surface area (Å²) in [6.45, 7) is 1.51. The Morgan fingerprint density at radius 1 is 1.33 bits per heavy atom. The topological polar surface area (TPSA) is 57.5 Å². The summed E-state index contributed by atoms with van der Waals surface area (Å²) in [5.41, 5.74) is 0.245. The third-order valence-electron chi connectivity index (χ3n) is 2.44. The number of allylic oxidation sites excluding steroid dienone is 1. The van der Waals surface area contributed by atoms with E-state index in [0.29, 0.717) is 15.8 Å². The Morgan fingerprint density at radius 2 is 2.06 bits per heavy atom. The minimum absolute atomic E-state index is 0.0576. The van der Waals surface area contributed by atoms with Crippen LogP contribution in [0.5, 0.6) is 0 Å². The largest absolute Gasteiger partial charge is 0.516 e. The van der Waals surface area contributed by atoms with Crippen molar-refractivity contribution in [1.29, 1.82) is 0 Å². The molecule has 2 aromatic rings. The molecule has 0 amide bonds. The van der Waals surface area contributed by atoms with Gasteiger partial charge in [0.1, 0.15) is 0 Å². The molecule has 18 heavy (non-hydrogen) atoms. The molecule has 0 saturated heterocycles. The van der Waals surface area contributed by atoms with Crippen LogP contribution in [-0.2, 0) is 0 Å². The molecule has 0 saturated carbocycles. The molecule has 92 valence electrons. The van der Waals surface area contributed by atoms with E-state index in [1.54, 1.807) is 12.1 Å². The third kappa shape index (κ3) is 2.28. The predicted molar refractivity (Wildman–Crippen MR) is 76.0 cm³/mol. The van der Waals surface area contributed by atoms with Gasteiger partial charge in [-0.25, -0.2) is 0 Å². The summed E-state index contributed by atoms with van der Waals surface area (Å²) in [5.74, 6) is 0.0576. The van der Waals surface area contributed by atoms with Gasteiger partial charge in [-0.05, 0) is 31.2 Å². The van der Waals surface area contributed by atoms with Gasteiger partial charge < -0.3 is 10.2 Å². The van der Waals surface area contributed by atoms with Crippen molar-refractivity contribution in [1.82, 2.24) is 0 Å². The number of hydrogen-bond acceptors (Lipinski definition) is 4. The minimum Gasteiger partial charge on any atom is -0.516 e. The Hall–Kier alpha value is -2.07. The Labute approximate surface area is 108 Å². The van der Waals surface area contributed by atoms with Crippen LogP contribution >= 0.6 is 11.3 Å². The van der Waals surface area contributed by atoms with Crippen LogP contribution < -0.4 is 5.43 Å². The summed E-state index contributed by atoms with van der Waals surface area (Å²) in [5, 5.41) is 18.8. The Bertz CT molecular complexity index is 692. The molecule has 4 heteroatoms. The van der Waals surface area contributed by atoms with E-state index in [-0.39, 0.29) is 11.2 Å². The van der Waals surface area contributed by atoms with Crippen molar-refractivity contribution in [2.75, 3.05) is 0 Å². The average Bonchev–Trinajstić information content (AvgIpc) is 2.34. The van der Waals surface area contributed by atoms with Crippen molar-refractivity contribution in [2.45, 2.75) is 6.92 Å². The smallest absolute Gasteiger partial charge is 0.195 e. The van der Waals surface area contributed by atoms with Crippen LogP contribution in [0.15, 0.2) is 41.1 Å². The quantitative estimate of drug-likeness (QED) is 0.809. The first-order valence-corrected chi connectivity index (χ1v) is 6.19. The van der Waals surface area contributed by atoms with Crippen molar-refractivity contribution >= 4 is 33.6 Å². The first-order valence-electron chi connectivity index (χ1n) is 5.37. The van der Waals surface area contributed by atoms with E-state index >= 15 is 0 Å². The lowest BCUT2D eigenvalue weighted by Crippen LogP contribution is -2.06. The summed E-state index contributed by atoms with van der Waals surface area (Å²) in [6.07, 6.45) is 3.76. The molecule has 0 radical (unpaired) electrons. The summed E-state index contributed by atoms with van der Waals surface area (Å²) < 4.78 is 0.850. The van der Waals surface area contributed by atoms with Gasteiger partial charge >= 0.3 is 0 Å². The fraction of sp³-hybridized carbons (Fsp3) is 0.0714. The van der Waals surface area contributed by atoms with E-state index in [4.69, 9.17) is 5.11 Å². The highest BCUT2D eigenvalue weighted by Crippen LogP contribution is 2.24. The molecule has 1 heterocycles. The van der Waals surface area contributed by atoms with E-state index in [1.165, 1.54) is 30.4 Å². The number of rotatable bonds is 2. The molecule has 3 nitrogen and oxygen atoms in total. The SMILES string of the molecule is C/C(O)=C\c1c(C=CO)sc2ccccc2c1=O. The lowest BCUT2D eigenvalue weighted by atomic mass is 10.1. The minimum atomic E-state index is -0.147. The third-order valence-corrected chi connectivity index (χ3v) is 3.59. The fourth-order valence-electron chi connectivity index (χ4n) is 1.71. The van der Waals surface area contributed by atoms with Crippen LogP contribution in [0.25, 0.3) is 22.2 Å². The van der Waals surface area contributed by atoms with Gasteiger partial charge in [-0.2, -0.15) is 0 Å². The molecule has 0 spiro atoms. The molecule has 2 rings (SSSR count). The van der Waals surface area contributed by atoms with Crippen LogP contribution in [0.1, 0.15) is 17.4 Å². The first kappa shape index (κ1) is 12.4. The van der Waals surface area contributed by atoms with Crippen molar-refractivity contribution in [3.63, 3.8) is 0 Å². The second kappa shape index (κ2) is 5.06. The zero-order valence-corrected chi connectivity index (χ0v) is 10.6. The van der Waals surface area contributed by atoms with Crippen molar-refractivity contribution in [2.24, 2.45) is 0 Å². The van der Waals surface area contributed by atoms with Gasteiger partial charge in [0.15, 0.2) is 5.43 Å². The van der Waals surface area contributed by atoms with E-state index in [1.807, 2.05) is 12.1 Å². The number of benzene rings is 1. The van der Waals surface area contributed by atoms with Gasteiger partial charge in [-0.15, -0.1) is 11.3 Å². The van der Waals surface area contributed by atoms with Crippen molar-refractivity contribution < 1.29 is 10.2 Å². The van der Waals surface area contributed by atoms with Crippen LogP contribution in [0.3, 0.4) is 0 Å². The maximum atomic E-state index is 12.3. The van der Waals surface area contributed by atoms with E-state index in [2.05, 4.69) is 0 Å². The molecular weight excluding hydrogens is 248 g/mol. The zero-order chi connectivity index (χ0) is 13.1. The lowest BCUT2D eigenvalue weighted by molar-refractivity contribution is 0.420.